The first-order valence-corrected chi connectivity index (χ1v) is 16.6. The van der Waals surface area contributed by atoms with E-state index in [1.165, 1.54) is 11.0 Å². The Morgan fingerprint density at radius 1 is 0.885 bits per heavy atom. The maximum atomic E-state index is 6.23. The second kappa shape index (κ2) is 5.90. The molecule has 0 bridgehead atoms. The van der Waals surface area contributed by atoms with Crippen LogP contribution in [0.1, 0.15) is 26.3 Å². The van der Waals surface area contributed by atoms with Crippen LogP contribution in [0, 0.1) is 0 Å². The van der Waals surface area contributed by atoms with Gasteiger partial charge in [-0.15, -0.1) is 0 Å². The monoisotopic (exact) mass is 384 g/mol. The van der Waals surface area contributed by atoms with Gasteiger partial charge in [-0.25, -0.2) is 0 Å². The Balaban J connectivity index is 1.91. The van der Waals surface area contributed by atoms with Crippen LogP contribution in [0.4, 0.5) is 0 Å². The fraction of sp³-hybridized carbons (Fsp3) is 0.524. The average molecular weight is 384 g/mol. The van der Waals surface area contributed by atoms with Crippen LogP contribution in [0.15, 0.2) is 41.9 Å². The van der Waals surface area contributed by atoms with Crippen molar-refractivity contribution in [2.75, 3.05) is 0 Å². The fourth-order valence-corrected chi connectivity index (χ4v) is 15.7. The Morgan fingerprint density at radius 2 is 1.46 bits per heavy atom. The first kappa shape index (κ1) is 19.6. The summed E-state index contributed by atoms with van der Waals surface area (Å²) < 4.78 is 12.6. The molecule has 0 N–H and O–H groups in total. The lowest BCUT2D eigenvalue weighted by molar-refractivity contribution is 0.512. The molecule has 0 saturated heterocycles. The van der Waals surface area contributed by atoms with Gasteiger partial charge in [-0.3, -0.25) is 0 Å². The van der Waals surface area contributed by atoms with E-state index in [9.17, 15) is 0 Å². The molecule has 1 aliphatic carbocycles. The molecule has 0 aromatic heterocycles. The standard InChI is InChI=1S/C21H33BO2Si2/c1-20(2,3)16-10-11-18-19(14-16)24-22(23-18)17-12-13-21(15-17,25(4,5)6)26(7,8)9/h10-15H,1-9H3. The summed E-state index contributed by atoms with van der Waals surface area (Å²) in [6, 6.07) is 6.34. The molecule has 0 fully saturated rings. The van der Waals surface area contributed by atoms with Crippen LogP contribution < -0.4 is 9.31 Å². The molecule has 3 rings (SSSR count). The van der Waals surface area contributed by atoms with Gasteiger partial charge in [-0.05, 0) is 27.8 Å². The maximum absolute atomic E-state index is 6.23. The SMILES string of the molecule is CC(C)(C)c1ccc2c(c1)OB(C1=CC([Si](C)(C)C)([Si](C)(C)C)C=C1)O2. The summed E-state index contributed by atoms with van der Waals surface area (Å²) in [5.74, 6) is 1.73. The van der Waals surface area contributed by atoms with E-state index in [4.69, 9.17) is 9.31 Å². The molecule has 1 aromatic carbocycles. The maximum Gasteiger partial charge on any atom is 0.632 e. The van der Waals surface area contributed by atoms with Gasteiger partial charge in [0.25, 0.3) is 0 Å². The zero-order chi connectivity index (χ0) is 19.5. The van der Waals surface area contributed by atoms with Gasteiger partial charge in [-0.1, -0.05) is 84.3 Å². The van der Waals surface area contributed by atoms with Crippen LogP contribution in [-0.4, -0.2) is 23.3 Å². The number of allylic oxidation sites excluding steroid dienone is 4. The molecule has 1 aromatic rings. The smallest absolute Gasteiger partial charge is 0.519 e. The van der Waals surface area contributed by atoms with Crippen LogP contribution in [0.5, 0.6) is 11.5 Å². The number of hydrogen-bond donors (Lipinski definition) is 0. The number of fused-ring (bicyclic) bond motifs is 1. The van der Waals surface area contributed by atoms with Gasteiger partial charge in [-0.2, -0.15) is 0 Å². The van der Waals surface area contributed by atoms with Crippen molar-refractivity contribution in [1.29, 1.82) is 0 Å². The predicted molar refractivity (Wildman–Crippen MR) is 119 cm³/mol. The Kier molecular flexibility index (Phi) is 4.44. The highest BCUT2D eigenvalue weighted by Gasteiger charge is 2.53. The fourth-order valence-electron chi connectivity index (χ4n) is 4.35. The van der Waals surface area contributed by atoms with Gasteiger partial charge in [0.1, 0.15) is 11.5 Å². The largest absolute Gasteiger partial charge is 0.632 e. The van der Waals surface area contributed by atoms with E-state index in [1.54, 1.807) is 0 Å². The molecule has 5 heteroatoms. The van der Waals surface area contributed by atoms with Gasteiger partial charge in [0.2, 0.25) is 0 Å². The quantitative estimate of drug-likeness (QED) is 0.575. The lowest BCUT2D eigenvalue weighted by Crippen LogP contribution is -2.51. The molecule has 0 spiro atoms. The van der Waals surface area contributed by atoms with Crippen molar-refractivity contribution in [1.82, 2.24) is 0 Å². The molecule has 1 aliphatic heterocycles. The van der Waals surface area contributed by atoms with Crippen LogP contribution in [-0.2, 0) is 5.41 Å². The third kappa shape index (κ3) is 3.13. The first-order chi connectivity index (χ1) is 11.7. The summed E-state index contributed by atoms with van der Waals surface area (Å²) >= 11 is 0. The summed E-state index contributed by atoms with van der Waals surface area (Å²) in [6.07, 6.45) is 7.22. The topological polar surface area (TPSA) is 18.5 Å². The Labute approximate surface area is 161 Å². The summed E-state index contributed by atoms with van der Waals surface area (Å²) in [5.41, 5.74) is 2.56. The first-order valence-electron chi connectivity index (χ1n) is 9.64. The molecule has 0 saturated carbocycles. The van der Waals surface area contributed by atoms with Gasteiger partial charge in [0, 0.05) is 5.47 Å². The predicted octanol–water partition coefficient (Wildman–Crippen LogP) is 6.23. The van der Waals surface area contributed by atoms with E-state index < -0.39 is 16.1 Å². The van der Waals surface area contributed by atoms with Gasteiger partial charge in [0.15, 0.2) is 0 Å². The Hall–Kier alpha value is -1.20. The minimum absolute atomic E-state index is 0.105. The minimum atomic E-state index is -1.43. The number of benzene rings is 1. The molecule has 1 heterocycles. The minimum Gasteiger partial charge on any atom is -0.519 e. The molecule has 26 heavy (non-hydrogen) atoms. The molecule has 0 atom stereocenters. The Morgan fingerprint density at radius 3 is 1.96 bits per heavy atom. The number of hydrogen-bond acceptors (Lipinski definition) is 2. The molecule has 2 aliphatic rings. The highest BCUT2D eigenvalue weighted by molar-refractivity contribution is 7.00. The van der Waals surface area contributed by atoms with Crippen molar-refractivity contribution in [3.05, 3.63) is 47.5 Å². The second-order valence-corrected chi connectivity index (χ2v) is 22.0. The molecule has 2 nitrogen and oxygen atoms in total. The summed E-state index contributed by atoms with van der Waals surface area (Å²) in [5, 5.41) is 0. The van der Waals surface area contributed by atoms with E-state index in [2.05, 4.69) is 96.5 Å². The third-order valence-corrected chi connectivity index (χ3v) is 16.1. The van der Waals surface area contributed by atoms with Gasteiger partial charge >= 0.3 is 7.12 Å². The molecule has 0 amide bonds. The Bertz CT molecular complexity index is 763. The van der Waals surface area contributed by atoms with E-state index in [0.29, 0.717) is 0 Å². The zero-order valence-corrected chi connectivity index (χ0v) is 19.9. The van der Waals surface area contributed by atoms with E-state index in [-0.39, 0.29) is 17.2 Å². The van der Waals surface area contributed by atoms with E-state index in [0.717, 1.165) is 11.5 Å². The van der Waals surface area contributed by atoms with Crippen LogP contribution >= 0.6 is 0 Å². The highest BCUT2D eigenvalue weighted by Crippen LogP contribution is 2.53. The molecule has 140 valence electrons. The second-order valence-electron chi connectivity index (χ2n) is 10.8. The molecular weight excluding hydrogens is 351 g/mol. The van der Waals surface area contributed by atoms with Crippen LogP contribution in [0.3, 0.4) is 0 Å². The van der Waals surface area contributed by atoms with Crippen molar-refractivity contribution in [2.24, 2.45) is 0 Å². The highest BCUT2D eigenvalue weighted by atomic mass is 28.4. The van der Waals surface area contributed by atoms with E-state index in [1.807, 2.05) is 0 Å². The average Bonchev–Trinajstić information content (AvgIpc) is 3.09. The summed E-state index contributed by atoms with van der Waals surface area (Å²) in [4.78, 5) is 0. The number of rotatable bonds is 3. The van der Waals surface area contributed by atoms with Crippen molar-refractivity contribution in [3.8, 4) is 11.5 Å². The lowest BCUT2D eigenvalue weighted by Gasteiger charge is -2.47. The van der Waals surface area contributed by atoms with Crippen molar-refractivity contribution >= 4 is 23.3 Å². The third-order valence-electron chi connectivity index (χ3n) is 5.96. The lowest BCUT2D eigenvalue weighted by atomic mass is 9.79. The normalized spacial score (nSPS) is 19.1. The van der Waals surface area contributed by atoms with Gasteiger partial charge < -0.3 is 9.31 Å². The molecular formula is C21H33BO2Si2. The van der Waals surface area contributed by atoms with Crippen molar-refractivity contribution < 1.29 is 9.31 Å². The van der Waals surface area contributed by atoms with Gasteiger partial charge in [0.05, 0.1) is 16.1 Å². The summed E-state index contributed by atoms with van der Waals surface area (Å²) in [7, 11) is -3.17. The van der Waals surface area contributed by atoms with Crippen LogP contribution in [0.2, 0.25) is 43.9 Å². The molecule has 0 radical (unpaired) electrons. The zero-order valence-electron chi connectivity index (χ0n) is 17.9. The molecule has 0 unspecified atom stereocenters. The van der Waals surface area contributed by atoms with E-state index >= 15 is 0 Å². The van der Waals surface area contributed by atoms with Crippen molar-refractivity contribution in [3.63, 3.8) is 0 Å². The van der Waals surface area contributed by atoms with Crippen molar-refractivity contribution in [2.45, 2.75) is 70.1 Å². The summed E-state index contributed by atoms with van der Waals surface area (Å²) in [6.45, 7) is 21.6. The van der Waals surface area contributed by atoms with Crippen LogP contribution in [0.25, 0.3) is 0 Å².